The first-order chi connectivity index (χ1) is 14.6. The quantitative estimate of drug-likeness (QED) is 0.649. The number of anilines is 4. The molecule has 0 saturated carbocycles. The Hall–Kier alpha value is -3.55. The van der Waals surface area contributed by atoms with Crippen LogP contribution < -0.4 is 25.6 Å². The molecular weight excluding hydrogens is 383 g/mol. The highest BCUT2D eigenvalue weighted by Crippen LogP contribution is 2.28. The summed E-state index contributed by atoms with van der Waals surface area (Å²) in [6.45, 7) is 3.77. The van der Waals surface area contributed by atoms with Crippen LogP contribution in [0.4, 0.5) is 27.4 Å². The fourth-order valence-electron chi connectivity index (χ4n) is 3.54. The van der Waals surface area contributed by atoms with E-state index in [1.807, 2.05) is 36.4 Å². The van der Waals surface area contributed by atoms with Crippen LogP contribution in [0.1, 0.15) is 5.56 Å². The van der Waals surface area contributed by atoms with Crippen LogP contribution in [0.5, 0.6) is 5.75 Å². The maximum atomic E-state index is 13.2. The lowest BCUT2D eigenvalue weighted by molar-refractivity contribution is 0.414. The Morgan fingerprint density at radius 1 is 0.967 bits per heavy atom. The highest BCUT2D eigenvalue weighted by molar-refractivity contribution is 5.75. The van der Waals surface area contributed by atoms with E-state index >= 15 is 0 Å². The fourth-order valence-corrected chi connectivity index (χ4v) is 3.54. The van der Waals surface area contributed by atoms with Crippen molar-refractivity contribution in [2.24, 2.45) is 0 Å². The average molecular weight is 408 g/mol. The van der Waals surface area contributed by atoms with Gasteiger partial charge in [0.05, 0.1) is 7.11 Å². The van der Waals surface area contributed by atoms with Gasteiger partial charge in [0.25, 0.3) is 0 Å². The molecule has 3 aromatic rings. The Morgan fingerprint density at radius 3 is 2.30 bits per heavy atom. The van der Waals surface area contributed by atoms with Gasteiger partial charge in [0.2, 0.25) is 0 Å². The van der Waals surface area contributed by atoms with E-state index in [0.717, 1.165) is 49.0 Å². The molecule has 30 heavy (non-hydrogen) atoms. The summed E-state index contributed by atoms with van der Waals surface area (Å²) in [6.07, 6.45) is 1.54. The van der Waals surface area contributed by atoms with E-state index in [0.29, 0.717) is 18.1 Å². The van der Waals surface area contributed by atoms with Gasteiger partial charge in [-0.3, -0.25) is 0 Å². The molecule has 1 aromatic heterocycles. The van der Waals surface area contributed by atoms with Crippen LogP contribution in [0, 0.1) is 5.82 Å². The minimum Gasteiger partial charge on any atom is -0.497 e. The van der Waals surface area contributed by atoms with Gasteiger partial charge < -0.3 is 25.6 Å². The highest BCUT2D eigenvalue weighted by atomic mass is 19.1. The molecule has 0 atom stereocenters. The lowest BCUT2D eigenvalue weighted by atomic mass is 10.2. The largest absolute Gasteiger partial charge is 0.497 e. The summed E-state index contributed by atoms with van der Waals surface area (Å²) in [5, 5.41) is 3.30. The lowest BCUT2D eigenvalue weighted by Gasteiger charge is -2.37. The first kappa shape index (κ1) is 19.8. The zero-order chi connectivity index (χ0) is 20.9. The van der Waals surface area contributed by atoms with Crippen LogP contribution in [0.2, 0.25) is 0 Å². The van der Waals surface area contributed by atoms with Crippen molar-refractivity contribution in [3.05, 3.63) is 66.2 Å². The molecular formula is C22H25FN6O. The van der Waals surface area contributed by atoms with Gasteiger partial charge in [-0.25, -0.2) is 14.4 Å². The Morgan fingerprint density at radius 2 is 1.63 bits per heavy atom. The molecule has 0 spiro atoms. The van der Waals surface area contributed by atoms with Gasteiger partial charge in [-0.15, -0.1) is 0 Å². The smallest absolute Gasteiger partial charge is 0.157 e. The zero-order valence-electron chi connectivity index (χ0n) is 16.9. The van der Waals surface area contributed by atoms with Crippen LogP contribution in [-0.4, -0.2) is 43.3 Å². The van der Waals surface area contributed by atoms with Gasteiger partial charge in [0.15, 0.2) is 11.6 Å². The van der Waals surface area contributed by atoms with E-state index in [2.05, 4.69) is 25.1 Å². The second-order valence-electron chi connectivity index (χ2n) is 7.11. The van der Waals surface area contributed by atoms with E-state index < -0.39 is 0 Å². The molecule has 0 radical (unpaired) electrons. The number of aromatic nitrogens is 2. The third-order valence-corrected chi connectivity index (χ3v) is 5.25. The molecule has 1 fully saturated rings. The number of nitrogens with one attached hydrogen (secondary N) is 1. The normalized spacial score (nSPS) is 13.9. The topological polar surface area (TPSA) is 79.5 Å². The second kappa shape index (κ2) is 8.86. The summed E-state index contributed by atoms with van der Waals surface area (Å²) in [6, 6.07) is 14.4. The van der Waals surface area contributed by atoms with Crippen molar-refractivity contribution < 1.29 is 9.13 Å². The predicted octanol–water partition coefficient (Wildman–Crippen LogP) is 3.15. The number of halogens is 1. The number of rotatable bonds is 6. The maximum absolute atomic E-state index is 13.2. The molecule has 2 aromatic carbocycles. The molecule has 2 heterocycles. The number of piperazine rings is 1. The molecule has 1 saturated heterocycles. The molecule has 1 aliphatic rings. The van der Waals surface area contributed by atoms with Crippen LogP contribution in [0.25, 0.3) is 0 Å². The minimum atomic E-state index is -0.221. The van der Waals surface area contributed by atoms with Gasteiger partial charge in [0.1, 0.15) is 23.6 Å². The molecule has 1 aliphatic heterocycles. The van der Waals surface area contributed by atoms with E-state index in [-0.39, 0.29) is 5.82 Å². The third-order valence-electron chi connectivity index (χ3n) is 5.25. The van der Waals surface area contributed by atoms with E-state index in [1.165, 1.54) is 18.5 Å². The van der Waals surface area contributed by atoms with Crippen LogP contribution in [0.15, 0.2) is 54.9 Å². The molecule has 4 rings (SSSR count). The lowest BCUT2D eigenvalue weighted by Crippen LogP contribution is -2.47. The Balaban J connectivity index is 1.39. The van der Waals surface area contributed by atoms with E-state index in [9.17, 15) is 4.39 Å². The Kier molecular flexibility index (Phi) is 5.83. The Labute approximate surface area is 175 Å². The van der Waals surface area contributed by atoms with E-state index in [1.54, 1.807) is 7.11 Å². The predicted molar refractivity (Wildman–Crippen MR) is 118 cm³/mol. The van der Waals surface area contributed by atoms with E-state index in [4.69, 9.17) is 10.5 Å². The summed E-state index contributed by atoms with van der Waals surface area (Å²) >= 11 is 0. The molecule has 7 nitrogen and oxygen atoms in total. The summed E-state index contributed by atoms with van der Waals surface area (Å²) < 4.78 is 18.3. The molecule has 3 N–H and O–H groups in total. The van der Waals surface area contributed by atoms with Crippen LogP contribution in [-0.2, 0) is 6.54 Å². The van der Waals surface area contributed by atoms with Gasteiger partial charge >= 0.3 is 0 Å². The number of ether oxygens (including phenoxy) is 1. The highest BCUT2D eigenvalue weighted by Gasteiger charge is 2.21. The maximum Gasteiger partial charge on any atom is 0.157 e. The number of hydrogen-bond acceptors (Lipinski definition) is 7. The number of benzene rings is 2. The van der Waals surface area contributed by atoms with Gasteiger partial charge in [0, 0.05) is 38.4 Å². The molecule has 0 unspecified atom stereocenters. The van der Waals surface area contributed by atoms with Crippen LogP contribution in [0.3, 0.4) is 0 Å². The van der Waals surface area contributed by atoms with Crippen molar-refractivity contribution >= 4 is 23.0 Å². The van der Waals surface area contributed by atoms with Crippen molar-refractivity contribution in [1.29, 1.82) is 0 Å². The number of nitrogens with zero attached hydrogens (tertiary/aromatic N) is 4. The number of hydrogen-bond donors (Lipinski definition) is 2. The van der Waals surface area contributed by atoms with Crippen molar-refractivity contribution in [3.8, 4) is 5.75 Å². The van der Waals surface area contributed by atoms with Gasteiger partial charge in [-0.2, -0.15) is 0 Å². The zero-order valence-corrected chi connectivity index (χ0v) is 16.9. The summed E-state index contributed by atoms with van der Waals surface area (Å²) in [5.41, 5.74) is 9.05. The van der Waals surface area contributed by atoms with Crippen molar-refractivity contribution in [3.63, 3.8) is 0 Å². The molecule has 8 heteroatoms. The summed E-state index contributed by atoms with van der Waals surface area (Å²) in [4.78, 5) is 13.1. The summed E-state index contributed by atoms with van der Waals surface area (Å²) in [7, 11) is 1.65. The first-order valence-corrected chi connectivity index (χ1v) is 9.87. The second-order valence-corrected chi connectivity index (χ2v) is 7.11. The number of nitrogen functional groups attached to an aromatic ring is 1. The summed E-state index contributed by atoms with van der Waals surface area (Å²) in [5.74, 6) is 1.96. The standard InChI is InChI=1S/C22H25FN6O/c1-30-19-8-2-16(3-9-19)14-25-21-20(24)22(27-15-26-21)29-12-10-28(11-13-29)18-6-4-17(23)5-7-18/h2-9,15H,10-14,24H2,1H3,(H,25,26,27). The number of nitrogens with two attached hydrogens (primary N) is 1. The number of methoxy groups -OCH3 is 1. The monoisotopic (exact) mass is 408 g/mol. The SMILES string of the molecule is COc1ccc(CNc2ncnc(N3CCN(c4ccc(F)cc4)CC3)c2N)cc1. The molecule has 156 valence electrons. The van der Waals surface area contributed by atoms with Crippen LogP contribution >= 0.6 is 0 Å². The Bertz CT molecular complexity index is 972. The van der Waals surface area contributed by atoms with Crippen molar-refractivity contribution in [2.45, 2.75) is 6.54 Å². The fraction of sp³-hybridized carbons (Fsp3) is 0.273. The molecule has 0 bridgehead atoms. The molecule has 0 amide bonds. The van der Waals surface area contributed by atoms with Crippen molar-refractivity contribution in [1.82, 2.24) is 9.97 Å². The van der Waals surface area contributed by atoms with Gasteiger partial charge in [-0.1, -0.05) is 12.1 Å². The van der Waals surface area contributed by atoms with Gasteiger partial charge in [-0.05, 0) is 42.0 Å². The average Bonchev–Trinajstić information content (AvgIpc) is 2.79. The molecule has 0 aliphatic carbocycles. The third kappa shape index (κ3) is 4.37. The first-order valence-electron chi connectivity index (χ1n) is 9.87. The minimum absolute atomic E-state index is 0.221. The van der Waals surface area contributed by atoms with Crippen molar-refractivity contribution in [2.75, 3.05) is 54.1 Å².